The average Bonchev–Trinajstić information content (AvgIpc) is 2.69. The summed E-state index contributed by atoms with van der Waals surface area (Å²) in [7, 11) is 1.65. The van der Waals surface area contributed by atoms with E-state index in [1.807, 2.05) is 0 Å². The largest absolute Gasteiger partial charge is 0.382 e. The molecule has 0 saturated carbocycles. The fourth-order valence-corrected chi connectivity index (χ4v) is 0.859. The highest BCUT2D eigenvalue weighted by atomic mass is 16.5. The van der Waals surface area contributed by atoms with Gasteiger partial charge in [-0.2, -0.15) is 4.98 Å². The molecule has 0 spiro atoms. The summed E-state index contributed by atoms with van der Waals surface area (Å²) in [5.74, 6) is 0.655. The number of methoxy groups -OCH3 is 1. The Labute approximate surface area is 82.6 Å². The van der Waals surface area contributed by atoms with Gasteiger partial charge in [-0.15, -0.1) is 0 Å². The molecule has 0 saturated heterocycles. The minimum atomic E-state index is 0.601. The van der Waals surface area contributed by atoms with Crippen LogP contribution in [0, 0.1) is 0 Å². The van der Waals surface area contributed by atoms with Gasteiger partial charge in [0, 0.05) is 13.7 Å². The molecule has 1 heterocycles. The third-order valence-corrected chi connectivity index (χ3v) is 1.55. The van der Waals surface area contributed by atoms with E-state index in [4.69, 9.17) is 9.47 Å². The molecule has 0 fully saturated rings. The summed E-state index contributed by atoms with van der Waals surface area (Å²) in [5, 5.41) is 6.77. The second-order valence-electron chi connectivity index (χ2n) is 2.63. The maximum absolute atomic E-state index is 5.24. The van der Waals surface area contributed by atoms with E-state index < -0.39 is 0 Å². The number of rotatable bonds is 8. The normalized spacial score (nSPS) is 10.6. The molecule has 6 nitrogen and oxygen atoms in total. The van der Waals surface area contributed by atoms with E-state index >= 15 is 0 Å². The molecular weight excluding hydrogens is 186 g/mol. The highest BCUT2D eigenvalue weighted by Crippen LogP contribution is 1.85. The predicted octanol–water partition coefficient (Wildman–Crippen LogP) is -0.178. The van der Waals surface area contributed by atoms with E-state index in [2.05, 4.69) is 20.0 Å². The van der Waals surface area contributed by atoms with Gasteiger partial charge in [0.1, 0.15) is 0 Å². The molecule has 0 radical (unpaired) electrons. The zero-order valence-electron chi connectivity index (χ0n) is 8.23. The molecule has 14 heavy (non-hydrogen) atoms. The van der Waals surface area contributed by atoms with Crippen molar-refractivity contribution in [3.05, 3.63) is 12.2 Å². The van der Waals surface area contributed by atoms with Crippen LogP contribution in [0.3, 0.4) is 0 Å². The Hall–Kier alpha value is -0.980. The second kappa shape index (κ2) is 7.43. The Balaban J connectivity index is 1.85. The molecule has 80 valence electrons. The molecule has 1 N–H and O–H groups in total. The van der Waals surface area contributed by atoms with Crippen LogP contribution in [0.15, 0.2) is 10.9 Å². The van der Waals surface area contributed by atoms with E-state index in [0.29, 0.717) is 32.2 Å². The lowest BCUT2D eigenvalue weighted by atomic mass is 10.5. The standard InChI is InChI=1S/C8H15N3O3/c1-12-4-5-13-3-2-9-6-8-10-7-14-11-8/h7,9H,2-6H2,1H3. The maximum Gasteiger partial charge on any atom is 0.213 e. The zero-order valence-corrected chi connectivity index (χ0v) is 8.23. The molecule has 0 aliphatic carbocycles. The summed E-state index contributed by atoms with van der Waals surface area (Å²) >= 11 is 0. The zero-order chi connectivity index (χ0) is 10.1. The molecule has 0 unspecified atom stereocenters. The third-order valence-electron chi connectivity index (χ3n) is 1.55. The van der Waals surface area contributed by atoms with Crippen LogP contribution in [0.5, 0.6) is 0 Å². The van der Waals surface area contributed by atoms with E-state index in [9.17, 15) is 0 Å². The van der Waals surface area contributed by atoms with Crippen molar-refractivity contribution in [1.82, 2.24) is 15.5 Å². The monoisotopic (exact) mass is 201 g/mol. The molecule has 0 aromatic carbocycles. The van der Waals surface area contributed by atoms with Gasteiger partial charge in [-0.1, -0.05) is 5.16 Å². The van der Waals surface area contributed by atoms with Gasteiger partial charge in [-0.25, -0.2) is 0 Å². The number of hydrogen-bond donors (Lipinski definition) is 1. The van der Waals surface area contributed by atoms with Crippen LogP contribution in [-0.4, -0.2) is 43.6 Å². The third kappa shape index (κ3) is 4.90. The van der Waals surface area contributed by atoms with Crippen molar-refractivity contribution in [1.29, 1.82) is 0 Å². The Morgan fingerprint density at radius 3 is 3.07 bits per heavy atom. The molecule has 0 amide bonds. The predicted molar refractivity (Wildman–Crippen MR) is 48.7 cm³/mol. The van der Waals surface area contributed by atoms with Crippen LogP contribution < -0.4 is 5.32 Å². The van der Waals surface area contributed by atoms with Gasteiger partial charge in [-0.3, -0.25) is 0 Å². The van der Waals surface area contributed by atoms with Crippen LogP contribution in [0.4, 0.5) is 0 Å². The summed E-state index contributed by atoms with van der Waals surface area (Å²) in [4.78, 5) is 3.86. The number of ether oxygens (including phenoxy) is 2. The Morgan fingerprint density at radius 2 is 2.36 bits per heavy atom. The van der Waals surface area contributed by atoms with Gasteiger partial charge in [0.05, 0.1) is 26.4 Å². The number of nitrogens with zero attached hydrogens (tertiary/aromatic N) is 2. The van der Waals surface area contributed by atoms with Crippen molar-refractivity contribution in [3.8, 4) is 0 Å². The summed E-state index contributed by atoms with van der Waals surface area (Å²) in [6.07, 6.45) is 1.31. The van der Waals surface area contributed by atoms with Crippen molar-refractivity contribution >= 4 is 0 Å². The molecular formula is C8H15N3O3. The first-order valence-electron chi connectivity index (χ1n) is 4.46. The second-order valence-corrected chi connectivity index (χ2v) is 2.63. The first kappa shape index (κ1) is 11.1. The number of aromatic nitrogens is 2. The van der Waals surface area contributed by atoms with Crippen LogP contribution in [0.25, 0.3) is 0 Å². The Morgan fingerprint density at radius 1 is 1.43 bits per heavy atom. The van der Waals surface area contributed by atoms with Crippen LogP contribution in [0.2, 0.25) is 0 Å². The van der Waals surface area contributed by atoms with Crippen molar-refractivity contribution in [2.45, 2.75) is 6.54 Å². The van der Waals surface area contributed by atoms with Crippen LogP contribution >= 0.6 is 0 Å². The van der Waals surface area contributed by atoms with Gasteiger partial charge in [0.2, 0.25) is 6.39 Å². The summed E-state index contributed by atoms with van der Waals surface area (Å²) in [6, 6.07) is 0. The lowest BCUT2D eigenvalue weighted by molar-refractivity contribution is 0.0718. The van der Waals surface area contributed by atoms with E-state index in [0.717, 1.165) is 6.54 Å². The minimum Gasteiger partial charge on any atom is -0.382 e. The van der Waals surface area contributed by atoms with Crippen molar-refractivity contribution < 1.29 is 14.0 Å². The molecule has 0 aliphatic rings. The Bertz CT molecular complexity index is 216. The first-order chi connectivity index (χ1) is 6.93. The SMILES string of the molecule is COCCOCCNCc1ncon1. The topological polar surface area (TPSA) is 69.4 Å². The molecule has 6 heteroatoms. The highest BCUT2D eigenvalue weighted by molar-refractivity contribution is 4.75. The van der Waals surface area contributed by atoms with E-state index in [1.165, 1.54) is 6.39 Å². The first-order valence-corrected chi connectivity index (χ1v) is 4.46. The van der Waals surface area contributed by atoms with Crippen LogP contribution in [-0.2, 0) is 16.0 Å². The molecule has 0 bridgehead atoms. The average molecular weight is 201 g/mol. The van der Waals surface area contributed by atoms with Gasteiger partial charge < -0.3 is 19.3 Å². The van der Waals surface area contributed by atoms with Gasteiger partial charge in [-0.05, 0) is 0 Å². The van der Waals surface area contributed by atoms with Crippen molar-refractivity contribution in [2.24, 2.45) is 0 Å². The molecule has 0 aliphatic heterocycles. The number of hydrogen-bond acceptors (Lipinski definition) is 6. The highest BCUT2D eigenvalue weighted by Gasteiger charge is 1.96. The lowest BCUT2D eigenvalue weighted by Crippen LogP contribution is -2.20. The minimum absolute atomic E-state index is 0.601. The lowest BCUT2D eigenvalue weighted by Gasteiger charge is -2.03. The Kier molecular flexibility index (Phi) is 5.89. The van der Waals surface area contributed by atoms with Gasteiger partial charge in [0.15, 0.2) is 5.82 Å². The molecule has 1 rings (SSSR count). The van der Waals surface area contributed by atoms with Crippen molar-refractivity contribution in [3.63, 3.8) is 0 Å². The van der Waals surface area contributed by atoms with Crippen LogP contribution in [0.1, 0.15) is 5.82 Å². The summed E-state index contributed by atoms with van der Waals surface area (Å²) in [5.41, 5.74) is 0. The summed E-state index contributed by atoms with van der Waals surface area (Å²) in [6.45, 7) is 3.27. The smallest absolute Gasteiger partial charge is 0.213 e. The fraction of sp³-hybridized carbons (Fsp3) is 0.750. The maximum atomic E-state index is 5.24. The molecule has 0 atom stereocenters. The quantitative estimate of drug-likeness (QED) is 0.588. The van der Waals surface area contributed by atoms with Crippen molar-refractivity contribution in [2.75, 3.05) is 33.5 Å². The van der Waals surface area contributed by atoms with Gasteiger partial charge in [0.25, 0.3) is 0 Å². The van der Waals surface area contributed by atoms with Gasteiger partial charge >= 0.3 is 0 Å². The molecule has 1 aromatic heterocycles. The fourth-order valence-electron chi connectivity index (χ4n) is 0.859. The summed E-state index contributed by atoms with van der Waals surface area (Å²) < 4.78 is 14.6. The van der Waals surface area contributed by atoms with E-state index in [1.54, 1.807) is 7.11 Å². The molecule has 1 aromatic rings. The number of nitrogens with one attached hydrogen (secondary N) is 1. The van der Waals surface area contributed by atoms with E-state index in [-0.39, 0.29) is 0 Å².